The van der Waals surface area contributed by atoms with Crippen molar-refractivity contribution in [3.05, 3.63) is 50.4 Å². The van der Waals surface area contributed by atoms with Crippen molar-refractivity contribution < 1.29 is 28.4 Å². The lowest BCUT2D eigenvalue weighted by atomic mass is 9.94. The third-order valence-electron chi connectivity index (χ3n) is 3.17. The Bertz CT molecular complexity index is 837. The molecule has 0 radical (unpaired) electrons. The summed E-state index contributed by atoms with van der Waals surface area (Å²) in [4.78, 5) is 46.1. The second-order valence-electron chi connectivity index (χ2n) is 4.38. The molecule has 0 spiro atoms. The van der Waals surface area contributed by atoms with Crippen molar-refractivity contribution in [2.75, 3.05) is 14.2 Å². The van der Waals surface area contributed by atoms with Gasteiger partial charge in [-0.15, -0.1) is 0 Å². The van der Waals surface area contributed by atoms with Gasteiger partial charge < -0.3 is 13.9 Å². The summed E-state index contributed by atoms with van der Waals surface area (Å²) < 4.78 is 13.9. The first-order valence-electron chi connectivity index (χ1n) is 6.28. The minimum atomic E-state index is -1.78. The second-order valence-corrected chi connectivity index (χ2v) is 4.38. The highest BCUT2D eigenvalue weighted by molar-refractivity contribution is 6.05. The Morgan fingerprint density at radius 1 is 1.17 bits per heavy atom. The van der Waals surface area contributed by atoms with Gasteiger partial charge >= 0.3 is 23.3 Å². The molecule has 0 saturated carbocycles. The highest BCUT2D eigenvalue weighted by Gasteiger charge is 2.40. The molecule has 0 fully saturated rings. The van der Waals surface area contributed by atoms with Crippen molar-refractivity contribution in [1.29, 1.82) is 0 Å². The van der Waals surface area contributed by atoms with Crippen LogP contribution >= 0.6 is 0 Å². The number of nitrogens with zero attached hydrogens (tertiary/aromatic N) is 1. The minimum absolute atomic E-state index is 0.00379. The van der Waals surface area contributed by atoms with E-state index in [2.05, 4.69) is 9.47 Å². The van der Waals surface area contributed by atoms with Crippen LogP contribution in [0.5, 0.6) is 0 Å². The van der Waals surface area contributed by atoms with E-state index in [4.69, 9.17) is 4.42 Å². The summed E-state index contributed by atoms with van der Waals surface area (Å²) in [6.07, 6.45) is 0. The largest absolute Gasteiger partial charge is 0.468 e. The smallest absolute Gasteiger partial charge is 0.415 e. The van der Waals surface area contributed by atoms with Crippen molar-refractivity contribution in [2.24, 2.45) is 0 Å². The van der Waals surface area contributed by atoms with Crippen LogP contribution in [0.2, 0.25) is 0 Å². The molecule has 0 atom stereocenters. The zero-order chi connectivity index (χ0) is 17.1. The van der Waals surface area contributed by atoms with Crippen molar-refractivity contribution in [3.63, 3.8) is 0 Å². The molecule has 0 bridgehead atoms. The molecule has 0 aliphatic carbocycles. The van der Waals surface area contributed by atoms with Crippen LogP contribution in [0.25, 0.3) is 11.0 Å². The predicted molar refractivity (Wildman–Crippen MR) is 75.9 cm³/mol. The van der Waals surface area contributed by atoms with E-state index in [0.717, 1.165) is 14.2 Å². The summed E-state index contributed by atoms with van der Waals surface area (Å²) in [5.74, 6) is -3.95. The molecule has 0 saturated heterocycles. The number of benzene rings is 1. The van der Waals surface area contributed by atoms with Gasteiger partial charge in [0.25, 0.3) is 0 Å². The van der Waals surface area contributed by atoms with E-state index >= 15 is 0 Å². The first-order valence-corrected chi connectivity index (χ1v) is 6.28. The summed E-state index contributed by atoms with van der Waals surface area (Å²) in [5.41, 5.74) is -2.71. The zero-order valence-corrected chi connectivity index (χ0v) is 12.1. The summed E-state index contributed by atoms with van der Waals surface area (Å²) in [5, 5.41) is 11.3. The Kier molecular flexibility index (Phi) is 4.39. The first kappa shape index (κ1) is 16.1. The van der Waals surface area contributed by atoms with E-state index in [1.165, 1.54) is 24.3 Å². The van der Waals surface area contributed by atoms with Gasteiger partial charge in [0.05, 0.1) is 24.7 Å². The number of rotatable bonds is 4. The normalized spacial score (nSPS) is 10.6. The number of hydrogen-bond donors (Lipinski definition) is 0. The molecular formula is C14H11NO8. The number of carbonyl (C=O) groups is 2. The van der Waals surface area contributed by atoms with Crippen LogP contribution in [-0.2, 0) is 19.1 Å². The van der Waals surface area contributed by atoms with Crippen LogP contribution < -0.4 is 5.63 Å². The fourth-order valence-electron chi connectivity index (χ4n) is 2.20. The SMILES string of the molecule is COC(=O)C(C(=O)OC)c1c([N+](=O)[O-])c(=O)oc2ccccc12. The van der Waals surface area contributed by atoms with Crippen LogP contribution in [0.15, 0.2) is 33.5 Å². The molecule has 0 amide bonds. The molecule has 2 rings (SSSR count). The number of methoxy groups -OCH3 is 2. The number of hydrogen-bond acceptors (Lipinski definition) is 8. The lowest BCUT2D eigenvalue weighted by molar-refractivity contribution is -0.388. The number of carbonyl (C=O) groups excluding carboxylic acids is 2. The molecule has 0 N–H and O–H groups in total. The van der Waals surface area contributed by atoms with E-state index in [9.17, 15) is 24.5 Å². The monoisotopic (exact) mass is 321 g/mol. The molecule has 0 unspecified atom stereocenters. The van der Waals surface area contributed by atoms with E-state index in [1.807, 2.05) is 0 Å². The van der Waals surface area contributed by atoms with Gasteiger partial charge in [-0.2, -0.15) is 0 Å². The van der Waals surface area contributed by atoms with E-state index < -0.39 is 39.7 Å². The quantitative estimate of drug-likeness (QED) is 0.270. The molecule has 0 aliphatic heterocycles. The van der Waals surface area contributed by atoms with Gasteiger partial charge in [-0.1, -0.05) is 18.2 Å². The molecular weight excluding hydrogens is 310 g/mol. The van der Waals surface area contributed by atoms with Gasteiger partial charge in [-0.25, -0.2) is 4.79 Å². The Morgan fingerprint density at radius 2 is 1.74 bits per heavy atom. The van der Waals surface area contributed by atoms with Crippen LogP contribution in [0.4, 0.5) is 5.69 Å². The first-order chi connectivity index (χ1) is 10.9. The molecule has 120 valence electrons. The maximum atomic E-state index is 12.0. The number of para-hydroxylation sites is 1. The van der Waals surface area contributed by atoms with Gasteiger partial charge in [0.15, 0.2) is 5.92 Å². The average molecular weight is 321 g/mol. The Labute approximate surface area is 128 Å². The molecule has 2 aromatic rings. The van der Waals surface area contributed by atoms with Gasteiger partial charge in [-0.05, 0) is 6.07 Å². The fraction of sp³-hybridized carbons (Fsp3) is 0.214. The summed E-state index contributed by atoms with van der Waals surface area (Å²) in [7, 11) is 2.02. The average Bonchev–Trinajstić information content (AvgIpc) is 2.53. The minimum Gasteiger partial charge on any atom is -0.468 e. The highest BCUT2D eigenvalue weighted by Crippen LogP contribution is 2.33. The fourth-order valence-corrected chi connectivity index (χ4v) is 2.20. The highest BCUT2D eigenvalue weighted by atomic mass is 16.6. The summed E-state index contributed by atoms with van der Waals surface area (Å²) in [6, 6.07) is 5.82. The van der Waals surface area contributed by atoms with Gasteiger partial charge in [0, 0.05) is 5.39 Å². The van der Waals surface area contributed by atoms with Crippen LogP contribution in [-0.4, -0.2) is 31.1 Å². The van der Waals surface area contributed by atoms with E-state index in [1.54, 1.807) is 0 Å². The zero-order valence-electron chi connectivity index (χ0n) is 12.1. The molecule has 23 heavy (non-hydrogen) atoms. The van der Waals surface area contributed by atoms with Crippen molar-refractivity contribution in [2.45, 2.75) is 5.92 Å². The molecule has 9 heteroatoms. The third-order valence-corrected chi connectivity index (χ3v) is 3.17. The van der Waals surface area contributed by atoms with Gasteiger partial charge in [-0.3, -0.25) is 19.7 Å². The summed E-state index contributed by atoms with van der Waals surface area (Å²) >= 11 is 0. The Morgan fingerprint density at radius 3 is 2.26 bits per heavy atom. The van der Waals surface area contributed by atoms with Crippen molar-refractivity contribution in [3.8, 4) is 0 Å². The number of esters is 2. The van der Waals surface area contributed by atoms with Gasteiger partial charge in [0.2, 0.25) is 0 Å². The molecule has 1 heterocycles. The molecule has 1 aromatic carbocycles. The molecule has 9 nitrogen and oxygen atoms in total. The maximum absolute atomic E-state index is 12.0. The van der Waals surface area contributed by atoms with E-state index in [0.29, 0.717) is 0 Å². The number of ether oxygens (including phenoxy) is 2. The second kappa shape index (κ2) is 6.26. The Hall–Kier alpha value is -3.23. The van der Waals surface area contributed by atoms with E-state index in [-0.39, 0.29) is 11.0 Å². The maximum Gasteiger partial charge on any atom is 0.415 e. The predicted octanol–water partition coefficient (Wildman–Crippen LogP) is 1.13. The van der Waals surface area contributed by atoms with Crippen molar-refractivity contribution >= 4 is 28.6 Å². The topological polar surface area (TPSA) is 126 Å². The van der Waals surface area contributed by atoms with Crippen molar-refractivity contribution in [1.82, 2.24) is 0 Å². The third kappa shape index (κ3) is 2.76. The van der Waals surface area contributed by atoms with Crippen LogP contribution in [0.3, 0.4) is 0 Å². The molecule has 0 aliphatic rings. The molecule has 1 aromatic heterocycles. The summed E-state index contributed by atoms with van der Waals surface area (Å²) in [6.45, 7) is 0. The number of fused-ring (bicyclic) bond motifs is 1. The van der Waals surface area contributed by atoms with Gasteiger partial charge in [0.1, 0.15) is 5.58 Å². The van der Waals surface area contributed by atoms with Crippen LogP contribution in [0.1, 0.15) is 11.5 Å². The lowest BCUT2D eigenvalue weighted by Crippen LogP contribution is -2.27. The standard InChI is InChI=1S/C14H11NO8/c1-21-12(16)10(13(17)22-2)9-7-5-3-4-6-8(7)23-14(18)11(9)15(19)20/h3-6,10H,1-2H3. The number of nitro groups is 1. The van der Waals surface area contributed by atoms with Crippen LogP contribution in [0, 0.1) is 10.1 Å². The Balaban J connectivity index is 2.96. The lowest BCUT2D eigenvalue weighted by Gasteiger charge is -2.14.